The highest BCUT2D eigenvalue weighted by atomic mass is 32.2. The second-order valence-electron chi connectivity index (χ2n) is 4.01. The van der Waals surface area contributed by atoms with Gasteiger partial charge in [-0.05, 0) is 16.3 Å². The van der Waals surface area contributed by atoms with E-state index in [0.29, 0.717) is 11.3 Å². The number of fused-ring (bicyclic) bond motifs is 3. The average Bonchev–Trinajstić information content (AvgIpc) is 2.37. The third kappa shape index (κ3) is 1.59. The first kappa shape index (κ1) is 10.3. The molecule has 0 amide bonds. The van der Waals surface area contributed by atoms with E-state index < -0.39 is 10.3 Å². The first-order valence-electron chi connectivity index (χ1n) is 5.41. The molecule has 2 aromatic rings. The summed E-state index contributed by atoms with van der Waals surface area (Å²) in [6.07, 6.45) is 4.40. The molecule has 1 aliphatic carbocycles. The second-order valence-corrected chi connectivity index (χ2v) is 4.97. The van der Waals surface area contributed by atoms with Gasteiger partial charge in [0.05, 0.1) is 4.86 Å². The minimum Gasteiger partial charge on any atom is -0.184 e. The first-order valence-corrected chi connectivity index (χ1v) is 6.48. The third-order valence-corrected chi connectivity index (χ3v) is 3.85. The van der Waals surface area contributed by atoms with Gasteiger partial charge in [-0.3, -0.25) is 0 Å². The van der Waals surface area contributed by atoms with E-state index in [1.54, 1.807) is 0 Å². The minimum absolute atomic E-state index is 0.480. The van der Waals surface area contributed by atoms with Gasteiger partial charge < -0.3 is 0 Å². The van der Waals surface area contributed by atoms with E-state index in [-0.39, 0.29) is 0 Å². The highest BCUT2D eigenvalue weighted by Gasteiger charge is 2.14. The summed E-state index contributed by atoms with van der Waals surface area (Å²) in [5.74, 6) is 0. The Balaban J connectivity index is 2.48. The van der Waals surface area contributed by atoms with Crippen molar-refractivity contribution in [2.75, 3.05) is 0 Å². The maximum Gasteiger partial charge on any atom is 0.218 e. The van der Waals surface area contributed by atoms with Crippen LogP contribution in [0.1, 0.15) is 17.5 Å². The van der Waals surface area contributed by atoms with Crippen molar-refractivity contribution in [3.63, 3.8) is 0 Å². The fourth-order valence-corrected chi connectivity index (χ4v) is 2.86. The highest BCUT2D eigenvalue weighted by molar-refractivity contribution is 7.73. The van der Waals surface area contributed by atoms with Gasteiger partial charge in [-0.2, -0.15) is 8.42 Å². The molecule has 0 aromatic heterocycles. The van der Waals surface area contributed by atoms with Crippen molar-refractivity contribution in [1.29, 1.82) is 0 Å². The molecule has 0 spiro atoms. The molecule has 3 rings (SSSR count). The highest BCUT2D eigenvalue weighted by Crippen LogP contribution is 2.27. The molecule has 0 heterocycles. The lowest BCUT2D eigenvalue weighted by molar-refractivity contribution is 0.627. The van der Waals surface area contributed by atoms with Gasteiger partial charge >= 0.3 is 0 Å². The molecule has 0 fully saturated rings. The topological polar surface area (TPSA) is 34.1 Å². The van der Waals surface area contributed by atoms with Gasteiger partial charge in [0.1, 0.15) is 0 Å². The van der Waals surface area contributed by atoms with Gasteiger partial charge in [-0.15, -0.1) is 0 Å². The van der Waals surface area contributed by atoms with E-state index in [4.69, 9.17) is 0 Å². The van der Waals surface area contributed by atoms with Gasteiger partial charge in [-0.25, -0.2) is 0 Å². The maximum atomic E-state index is 11.2. The fourth-order valence-electron chi connectivity index (χ4n) is 2.27. The molecule has 0 saturated carbocycles. The Morgan fingerprint density at radius 2 is 1.82 bits per heavy atom. The number of hydrogen-bond donors (Lipinski definition) is 0. The molecule has 0 radical (unpaired) electrons. The molecule has 0 aliphatic heterocycles. The lowest BCUT2D eigenvalue weighted by atomic mass is 9.92. The molecule has 0 N–H and O–H groups in total. The Morgan fingerprint density at radius 3 is 2.65 bits per heavy atom. The summed E-state index contributed by atoms with van der Waals surface area (Å²) < 4.78 is 22.4. The van der Waals surface area contributed by atoms with Gasteiger partial charge in [0.15, 0.2) is 0 Å². The molecular weight excluding hydrogens is 232 g/mol. The van der Waals surface area contributed by atoms with Crippen molar-refractivity contribution < 1.29 is 8.42 Å². The standard InChI is InChI=1S/C14H10O2S/c15-17(16)14-7-3-6-12-11-5-2-1-4-10(11)8-9-13(12)14/h1-6,8-9H,7H2. The van der Waals surface area contributed by atoms with Crippen molar-refractivity contribution in [1.82, 2.24) is 0 Å². The summed E-state index contributed by atoms with van der Waals surface area (Å²) in [5, 5.41) is 2.23. The SMILES string of the molecule is O=S(=O)=C1CC=Cc2c1ccc1ccccc21. The predicted octanol–water partition coefficient (Wildman–Crippen LogP) is 2.66. The number of hydrogen-bond acceptors (Lipinski definition) is 2. The second kappa shape index (κ2) is 3.86. The quantitative estimate of drug-likeness (QED) is 0.665. The van der Waals surface area contributed by atoms with E-state index in [1.807, 2.05) is 48.6 Å². The van der Waals surface area contributed by atoms with Gasteiger partial charge in [0, 0.05) is 12.0 Å². The molecule has 2 nitrogen and oxygen atoms in total. The Kier molecular flexibility index (Phi) is 2.34. The number of benzene rings is 2. The third-order valence-electron chi connectivity index (χ3n) is 3.06. The molecule has 0 atom stereocenters. The molecule has 3 heteroatoms. The van der Waals surface area contributed by atoms with Crippen LogP contribution in [0.25, 0.3) is 16.8 Å². The Labute approximate surface area is 101 Å². The lowest BCUT2D eigenvalue weighted by Crippen LogP contribution is -2.07. The van der Waals surface area contributed by atoms with Crippen LogP contribution in [0.3, 0.4) is 0 Å². The van der Waals surface area contributed by atoms with E-state index in [9.17, 15) is 8.42 Å². The summed E-state index contributed by atoms with van der Waals surface area (Å²) >= 11 is 0. The van der Waals surface area contributed by atoms with E-state index in [2.05, 4.69) is 0 Å². The van der Waals surface area contributed by atoms with Crippen LogP contribution in [0.5, 0.6) is 0 Å². The predicted molar refractivity (Wildman–Crippen MR) is 70.6 cm³/mol. The average molecular weight is 242 g/mol. The minimum atomic E-state index is -2.14. The van der Waals surface area contributed by atoms with Crippen LogP contribution in [0.15, 0.2) is 42.5 Å². The van der Waals surface area contributed by atoms with E-state index >= 15 is 0 Å². The summed E-state index contributed by atoms with van der Waals surface area (Å²) in [7, 11) is -2.14. The number of allylic oxidation sites excluding steroid dienone is 1. The molecule has 1 aliphatic rings. The molecular formula is C14H10O2S. The monoisotopic (exact) mass is 242 g/mol. The number of rotatable bonds is 0. The van der Waals surface area contributed by atoms with Gasteiger partial charge in [0.2, 0.25) is 10.3 Å². The zero-order chi connectivity index (χ0) is 11.8. The molecule has 84 valence electrons. The summed E-state index contributed by atoms with van der Waals surface area (Å²) in [5.41, 5.74) is 1.84. The van der Waals surface area contributed by atoms with Crippen LogP contribution < -0.4 is 0 Å². The van der Waals surface area contributed by atoms with Crippen LogP contribution in [0.4, 0.5) is 0 Å². The summed E-state index contributed by atoms with van der Waals surface area (Å²) in [6.45, 7) is 0. The molecule has 0 unspecified atom stereocenters. The van der Waals surface area contributed by atoms with E-state index in [1.165, 1.54) is 0 Å². The molecule has 2 aromatic carbocycles. The van der Waals surface area contributed by atoms with Crippen molar-refractivity contribution in [3.8, 4) is 0 Å². The van der Waals surface area contributed by atoms with Crippen LogP contribution in [-0.2, 0) is 10.3 Å². The Bertz CT molecular complexity index is 760. The van der Waals surface area contributed by atoms with Gasteiger partial charge in [0.25, 0.3) is 0 Å². The van der Waals surface area contributed by atoms with Crippen molar-refractivity contribution >= 4 is 32.0 Å². The van der Waals surface area contributed by atoms with Crippen LogP contribution in [0, 0.1) is 0 Å². The summed E-state index contributed by atoms with van der Waals surface area (Å²) in [4.78, 5) is 0.480. The Morgan fingerprint density at radius 1 is 1.00 bits per heavy atom. The van der Waals surface area contributed by atoms with E-state index in [0.717, 1.165) is 21.9 Å². The van der Waals surface area contributed by atoms with Crippen molar-refractivity contribution in [3.05, 3.63) is 53.6 Å². The zero-order valence-electron chi connectivity index (χ0n) is 9.05. The Hall–Kier alpha value is -1.87. The van der Waals surface area contributed by atoms with Crippen LogP contribution in [-0.4, -0.2) is 13.3 Å². The zero-order valence-corrected chi connectivity index (χ0v) is 9.87. The largest absolute Gasteiger partial charge is 0.218 e. The van der Waals surface area contributed by atoms with Crippen molar-refractivity contribution in [2.24, 2.45) is 0 Å². The fraction of sp³-hybridized carbons (Fsp3) is 0.0714. The molecule has 17 heavy (non-hydrogen) atoms. The summed E-state index contributed by atoms with van der Waals surface area (Å²) in [6, 6.07) is 11.9. The molecule has 0 bridgehead atoms. The van der Waals surface area contributed by atoms with Crippen LogP contribution >= 0.6 is 0 Å². The maximum absolute atomic E-state index is 11.2. The lowest BCUT2D eigenvalue weighted by Gasteiger charge is -2.13. The van der Waals surface area contributed by atoms with Crippen LogP contribution in [0.2, 0.25) is 0 Å². The normalized spacial score (nSPS) is 13.8. The molecule has 0 saturated heterocycles. The van der Waals surface area contributed by atoms with Gasteiger partial charge in [-0.1, -0.05) is 48.6 Å². The van der Waals surface area contributed by atoms with Crippen molar-refractivity contribution in [2.45, 2.75) is 6.42 Å². The first-order chi connectivity index (χ1) is 8.27. The smallest absolute Gasteiger partial charge is 0.184 e.